The first-order chi connectivity index (χ1) is 15.8. The van der Waals surface area contributed by atoms with Crippen LogP contribution in [-0.2, 0) is 14.8 Å². The summed E-state index contributed by atoms with van der Waals surface area (Å²) >= 11 is 3.28. The molecule has 0 radical (unpaired) electrons. The molecule has 0 fully saturated rings. The van der Waals surface area contributed by atoms with E-state index >= 15 is 0 Å². The smallest absolute Gasteiger partial charge is 0.265 e. The molecule has 0 aliphatic carbocycles. The molecule has 0 bridgehead atoms. The number of benzene rings is 3. The van der Waals surface area contributed by atoms with E-state index in [9.17, 15) is 13.2 Å². The van der Waals surface area contributed by atoms with E-state index in [2.05, 4.69) is 26.0 Å². The number of ether oxygens (including phenoxy) is 2. The van der Waals surface area contributed by atoms with Crippen LogP contribution in [0, 0.1) is 11.3 Å². The molecule has 1 amide bonds. The highest BCUT2D eigenvalue weighted by atomic mass is 79.9. The normalized spacial score (nSPS) is 10.7. The summed E-state index contributed by atoms with van der Waals surface area (Å²) < 4.78 is 39.6. The van der Waals surface area contributed by atoms with Gasteiger partial charge in [-0.1, -0.05) is 15.9 Å². The van der Waals surface area contributed by atoms with E-state index in [0.29, 0.717) is 33.8 Å². The van der Waals surface area contributed by atoms with Crippen LogP contribution < -0.4 is 19.5 Å². The first kappa shape index (κ1) is 24.1. The van der Waals surface area contributed by atoms with Gasteiger partial charge in [0, 0.05) is 15.8 Å². The number of hydrogen-bond donors (Lipinski definition) is 2. The topological polar surface area (TPSA) is 118 Å². The fraction of sp³-hybridized carbons (Fsp3) is 0.130. The Labute approximate surface area is 200 Å². The molecule has 10 heteroatoms. The first-order valence-corrected chi connectivity index (χ1v) is 12.1. The van der Waals surface area contributed by atoms with Gasteiger partial charge in [0.1, 0.15) is 16.4 Å². The average Bonchev–Trinajstić information content (AvgIpc) is 2.80. The van der Waals surface area contributed by atoms with Gasteiger partial charge in [0.25, 0.3) is 15.9 Å². The number of nitrogens with one attached hydrogen (secondary N) is 2. The van der Waals surface area contributed by atoms with Gasteiger partial charge in [0.15, 0.2) is 6.61 Å². The SMILES string of the molecule is CCOc1ccc(Br)cc1S(=O)(=O)Nc1ccc(NC(=O)COc2ccc(C#N)cc2)cc1. The molecule has 0 unspecified atom stereocenters. The highest BCUT2D eigenvalue weighted by Crippen LogP contribution is 2.29. The third-order valence-electron chi connectivity index (χ3n) is 4.27. The number of nitriles is 1. The van der Waals surface area contributed by atoms with Gasteiger partial charge in [-0.3, -0.25) is 9.52 Å². The molecule has 0 heterocycles. The fourth-order valence-corrected chi connectivity index (χ4v) is 4.51. The van der Waals surface area contributed by atoms with Crippen LogP contribution >= 0.6 is 15.9 Å². The Morgan fingerprint density at radius 3 is 2.30 bits per heavy atom. The van der Waals surface area contributed by atoms with Gasteiger partial charge in [-0.2, -0.15) is 5.26 Å². The van der Waals surface area contributed by atoms with E-state index in [4.69, 9.17) is 14.7 Å². The molecule has 0 aliphatic heterocycles. The van der Waals surface area contributed by atoms with Crippen LogP contribution in [0.3, 0.4) is 0 Å². The molecule has 3 aromatic carbocycles. The van der Waals surface area contributed by atoms with Gasteiger partial charge in [0.05, 0.1) is 18.2 Å². The summed E-state index contributed by atoms with van der Waals surface area (Å²) in [6.07, 6.45) is 0. The molecule has 3 rings (SSSR count). The number of halogens is 1. The second-order valence-electron chi connectivity index (χ2n) is 6.68. The van der Waals surface area contributed by atoms with Gasteiger partial charge in [-0.05, 0) is 73.7 Å². The summed E-state index contributed by atoms with van der Waals surface area (Å²) in [7, 11) is -3.90. The highest BCUT2D eigenvalue weighted by Gasteiger charge is 2.20. The number of amides is 1. The third-order valence-corrected chi connectivity index (χ3v) is 6.17. The second-order valence-corrected chi connectivity index (χ2v) is 9.25. The molecule has 33 heavy (non-hydrogen) atoms. The Kier molecular flexibility index (Phi) is 7.92. The maximum Gasteiger partial charge on any atom is 0.265 e. The summed E-state index contributed by atoms with van der Waals surface area (Å²) in [5, 5.41) is 11.5. The van der Waals surface area contributed by atoms with Crippen LogP contribution in [0.2, 0.25) is 0 Å². The Balaban J connectivity index is 1.61. The molecule has 0 spiro atoms. The van der Waals surface area contributed by atoms with Crippen molar-refractivity contribution in [2.45, 2.75) is 11.8 Å². The number of rotatable bonds is 9. The number of nitrogens with zero attached hydrogens (tertiary/aromatic N) is 1. The van der Waals surface area contributed by atoms with Crippen molar-refractivity contribution in [3.8, 4) is 17.6 Å². The molecule has 0 aliphatic rings. The lowest BCUT2D eigenvalue weighted by Gasteiger charge is -2.13. The predicted octanol–water partition coefficient (Wildman–Crippen LogP) is 4.54. The molecule has 2 N–H and O–H groups in total. The van der Waals surface area contributed by atoms with E-state index in [1.54, 1.807) is 55.5 Å². The summed E-state index contributed by atoms with van der Waals surface area (Å²) in [5.74, 6) is 0.329. The summed E-state index contributed by atoms with van der Waals surface area (Å²) in [6, 6.07) is 19.4. The molecule has 0 aromatic heterocycles. The van der Waals surface area contributed by atoms with Crippen molar-refractivity contribution < 1.29 is 22.7 Å². The van der Waals surface area contributed by atoms with Gasteiger partial charge in [0.2, 0.25) is 0 Å². The highest BCUT2D eigenvalue weighted by molar-refractivity contribution is 9.10. The lowest BCUT2D eigenvalue weighted by molar-refractivity contribution is -0.118. The zero-order chi connectivity index (χ0) is 23.8. The van der Waals surface area contributed by atoms with Crippen molar-refractivity contribution >= 4 is 43.2 Å². The minimum absolute atomic E-state index is 0.0102. The van der Waals surface area contributed by atoms with Crippen molar-refractivity contribution in [3.05, 3.63) is 76.8 Å². The Morgan fingerprint density at radius 2 is 1.67 bits per heavy atom. The monoisotopic (exact) mass is 529 g/mol. The number of anilines is 2. The molecule has 0 saturated heterocycles. The number of sulfonamides is 1. The van der Waals surface area contributed by atoms with Crippen LogP contribution in [-0.4, -0.2) is 27.5 Å². The third kappa shape index (κ3) is 6.71. The van der Waals surface area contributed by atoms with E-state index in [1.165, 1.54) is 18.2 Å². The van der Waals surface area contributed by atoms with E-state index in [1.807, 2.05) is 6.07 Å². The van der Waals surface area contributed by atoms with E-state index in [-0.39, 0.29) is 23.2 Å². The Morgan fingerprint density at radius 1 is 1.00 bits per heavy atom. The zero-order valence-electron chi connectivity index (χ0n) is 17.5. The van der Waals surface area contributed by atoms with Crippen molar-refractivity contribution in [2.24, 2.45) is 0 Å². The maximum absolute atomic E-state index is 12.9. The lowest BCUT2D eigenvalue weighted by atomic mass is 10.2. The predicted molar refractivity (Wildman–Crippen MR) is 128 cm³/mol. The molecule has 3 aromatic rings. The zero-order valence-corrected chi connectivity index (χ0v) is 19.9. The largest absolute Gasteiger partial charge is 0.492 e. The molecule has 0 saturated carbocycles. The van der Waals surface area contributed by atoms with Gasteiger partial charge >= 0.3 is 0 Å². The molecule has 0 atom stereocenters. The average molecular weight is 530 g/mol. The minimum Gasteiger partial charge on any atom is -0.492 e. The van der Waals surface area contributed by atoms with E-state index < -0.39 is 10.0 Å². The van der Waals surface area contributed by atoms with Gasteiger partial charge < -0.3 is 14.8 Å². The first-order valence-electron chi connectivity index (χ1n) is 9.79. The van der Waals surface area contributed by atoms with Crippen molar-refractivity contribution in [1.82, 2.24) is 0 Å². The van der Waals surface area contributed by atoms with Gasteiger partial charge in [-0.25, -0.2) is 8.42 Å². The maximum atomic E-state index is 12.9. The van der Waals surface area contributed by atoms with Crippen LogP contribution in [0.15, 0.2) is 76.1 Å². The molecule has 8 nitrogen and oxygen atoms in total. The number of hydrogen-bond acceptors (Lipinski definition) is 6. The lowest BCUT2D eigenvalue weighted by Crippen LogP contribution is -2.20. The Bertz CT molecular complexity index is 1270. The summed E-state index contributed by atoms with van der Waals surface area (Å²) in [6.45, 7) is 1.88. The number of carbonyl (C=O) groups excluding carboxylic acids is 1. The van der Waals surface area contributed by atoms with Crippen LogP contribution in [0.1, 0.15) is 12.5 Å². The van der Waals surface area contributed by atoms with Gasteiger partial charge in [-0.15, -0.1) is 0 Å². The Hall–Kier alpha value is -3.55. The van der Waals surface area contributed by atoms with Crippen molar-refractivity contribution in [2.75, 3.05) is 23.3 Å². The second kappa shape index (κ2) is 10.8. The van der Waals surface area contributed by atoms with E-state index in [0.717, 1.165) is 0 Å². The number of carbonyl (C=O) groups is 1. The van der Waals surface area contributed by atoms with Crippen LogP contribution in [0.5, 0.6) is 11.5 Å². The molecular formula is C23H20BrN3O5S. The summed E-state index contributed by atoms with van der Waals surface area (Å²) in [5.41, 5.74) is 1.30. The molecular weight excluding hydrogens is 510 g/mol. The molecule has 170 valence electrons. The van der Waals surface area contributed by atoms with Crippen molar-refractivity contribution in [3.63, 3.8) is 0 Å². The van der Waals surface area contributed by atoms with Crippen molar-refractivity contribution in [1.29, 1.82) is 5.26 Å². The van der Waals surface area contributed by atoms with Crippen LogP contribution in [0.25, 0.3) is 0 Å². The summed E-state index contributed by atoms with van der Waals surface area (Å²) in [4.78, 5) is 12.1. The van der Waals surface area contributed by atoms with Crippen LogP contribution in [0.4, 0.5) is 11.4 Å². The minimum atomic E-state index is -3.90. The fourth-order valence-electron chi connectivity index (χ4n) is 2.77. The standard InChI is InChI=1S/C23H20BrN3O5S/c1-2-31-21-12-5-17(24)13-22(21)33(29,30)27-19-8-6-18(7-9-19)26-23(28)15-32-20-10-3-16(14-25)4-11-20/h3-13,27H,2,15H2,1H3,(H,26,28). The quantitative estimate of drug-likeness (QED) is 0.420.